The average molecular weight is 290 g/mol. The Morgan fingerprint density at radius 3 is 2.38 bits per heavy atom. The molecule has 0 N–H and O–H groups in total. The Kier molecular flexibility index (Phi) is 7.73. The number of rotatable bonds is 9. The maximum absolute atomic E-state index is 12.3. The van der Waals surface area contributed by atoms with Crippen molar-refractivity contribution in [2.24, 2.45) is 5.92 Å². The lowest BCUT2D eigenvalue weighted by Crippen LogP contribution is -2.25. The predicted molar refractivity (Wildman–Crippen MR) is 84.1 cm³/mol. The third kappa shape index (κ3) is 6.11. The summed E-state index contributed by atoms with van der Waals surface area (Å²) in [7, 11) is 0. The summed E-state index contributed by atoms with van der Waals surface area (Å²) in [6.07, 6.45) is 3.27. The van der Waals surface area contributed by atoms with Crippen molar-refractivity contribution < 1.29 is 14.3 Å². The first kappa shape index (κ1) is 17.4. The summed E-state index contributed by atoms with van der Waals surface area (Å²) in [5.74, 6) is -0.647. The number of ether oxygens (including phenoxy) is 1. The number of hydrogen-bond acceptors (Lipinski definition) is 3. The molecule has 0 amide bonds. The molecule has 3 heteroatoms. The van der Waals surface area contributed by atoms with Crippen molar-refractivity contribution >= 4 is 11.8 Å². The predicted octanol–water partition coefficient (Wildman–Crippen LogP) is 4.12. The molecule has 2 atom stereocenters. The number of ketones is 1. The molecule has 0 fully saturated rings. The van der Waals surface area contributed by atoms with Crippen LogP contribution >= 0.6 is 0 Å². The van der Waals surface area contributed by atoms with Gasteiger partial charge in [-0.05, 0) is 24.8 Å². The molecule has 0 heterocycles. The van der Waals surface area contributed by atoms with Crippen molar-refractivity contribution in [2.75, 3.05) is 6.61 Å². The summed E-state index contributed by atoms with van der Waals surface area (Å²) in [4.78, 5) is 23.7. The van der Waals surface area contributed by atoms with Gasteiger partial charge in [0, 0.05) is 6.42 Å². The van der Waals surface area contributed by atoms with Gasteiger partial charge in [-0.3, -0.25) is 4.79 Å². The fourth-order valence-corrected chi connectivity index (χ4v) is 2.39. The van der Waals surface area contributed by atoms with E-state index in [1.54, 1.807) is 0 Å². The highest BCUT2D eigenvalue weighted by Gasteiger charge is 2.28. The molecule has 0 saturated heterocycles. The van der Waals surface area contributed by atoms with Gasteiger partial charge in [-0.25, -0.2) is 0 Å². The van der Waals surface area contributed by atoms with Crippen LogP contribution in [-0.4, -0.2) is 18.4 Å². The minimum atomic E-state index is -0.397. The van der Waals surface area contributed by atoms with Crippen LogP contribution in [0.15, 0.2) is 30.3 Å². The third-order valence-electron chi connectivity index (χ3n) is 3.73. The highest BCUT2D eigenvalue weighted by Crippen LogP contribution is 2.28. The van der Waals surface area contributed by atoms with Crippen molar-refractivity contribution in [3.05, 3.63) is 35.9 Å². The molecule has 0 aliphatic heterocycles. The zero-order valence-electron chi connectivity index (χ0n) is 13.3. The lowest BCUT2D eigenvalue weighted by atomic mass is 9.84. The van der Waals surface area contributed by atoms with Crippen molar-refractivity contribution in [1.82, 2.24) is 0 Å². The monoisotopic (exact) mass is 290 g/mol. The number of Topliss-reactive ketones (excluding diaryl/α,β-unsaturated/α-hetero) is 1. The van der Waals surface area contributed by atoms with Crippen LogP contribution in [0.25, 0.3) is 0 Å². The van der Waals surface area contributed by atoms with Crippen LogP contribution in [0.2, 0.25) is 0 Å². The van der Waals surface area contributed by atoms with Gasteiger partial charge in [-0.2, -0.15) is 0 Å². The minimum Gasteiger partial charge on any atom is -0.465 e. The fraction of sp³-hybridized carbons (Fsp3) is 0.556. The molecule has 116 valence electrons. The van der Waals surface area contributed by atoms with Gasteiger partial charge < -0.3 is 9.53 Å². The maximum Gasteiger partial charge on any atom is 0.309 e. The number of unbranched alkanes of at least 4 members (excludes halogenated alkanes) is 2. The van der Waals surface area contributed by atoms with E-state index in [9.17, 15) is 9.59 Å². The Morgan fingerprint density at radius 2 is 1.81 bits per heavy atom. The second-order valence-electron chi connectivity index (χ2n) is 5.59. The normalized spacial score (nSPS) is 13.5. The number of benzene rings is 1. The summed E-state index contributed by atoms with van der Waals surface area (Å²) < 4.78 is 5.36. The number of carbonyl (C=O) groups excluding carboxylic acids is 2. The molecule has 2 unspecified atom stereocenters. The lowest BCUT2D eigenvalue weighted by Gasteiger charge is -2.22. The van der Waals surface area contributed by atoms with E-state index < -0.39 is 5.92 Å². The lowest BCUT2D eigenvalue weighted by molar-refractivity contribution is -0.150. The van der Waals surface area contributed by atoms with E-state index in [0.717, 1.165) is 24.8 Å². The van der Waals surface area contributed by atoms with Gasteiger partial charge >= 0.3 is 5.97 Å². The molecule has 0 spiro atoms. The largest absolute Gasteiger partial charge is 0.465 e. The van der Waals surface area contributed by atoms with Crippen LogP contribution in [0.3, 0.4) is 0 Å². The average Bonchev–Trinajstić information content (AvgIpc) is 2.49. The van der Waals surface area contributed by atoms with Gasteiger partial charge in [0.1, 0.15) is 5.78 Å². The molecule has 0 aliphatic rings. The first-order valence-electron chi connectivity index (χ1n) is 7.77. The van der Waals surface area contributed by atoms with Crippen LogP contribution in [0.5, 0.6) is 0 Å². The van der Waals surface area contributed by atoms with Gasteiger partial charge in [0.2, 0.25) is 0 Å². The molecular formula is C18H26O3. The third-order valence-corrected chi connectivity index (χ3v) is 3.73. The fourth-order valence-electron chi connectivity index (χ4n) is 2.39. The van der Waals surface area contributed by atoms with Crippen LogP contribution in [0.4, 0.5) is 0 Å². The molecule has 0 bridgehead atoms. The van der Waals surface area contributed by atoms with E-state index in [2.05, 4.69) is 6.92 Å². The molecule has 0 saturated carbocycles. The van der Waals surface area contributed by atoms with Gasteiger partial charge in [0.25, 0.3) is 0 Å². The molecule has 0 radical (unpaired) electrons. The number of carbonyl (C=O) groups is 2. The molecule has 0 aromatic heterocycles. The van der Waals surface area contributed by atoms with Crippen molar-refractivity contribution in [3.8, 4) is 0 Å². The SMILES string of the molecule is CCCCCOC(=O)C(CC(C)=O)C(C)c1ccccc1. The van der Waals surface area contributed by atoms with Crippen molar-refractivity contribution in [2.45, 2.75) is 52.4 Å². The van der Waals surface area contributed by atoms with Crippen molar-refractivity contribution in [3.63, 3.8) is 0 Å². The minimum absolute atomic E-state index is 0.0197. The van der Waals surface area contributed by atoms with E-state index >= 15 is 0 Å². The molecular weight excluding hydrogens is 264 g/mol. The smallest absolute Gasteiger partial charge is 0.309 e. The van der Waals surface area contributed by atoms with E-state index in [4.69, 9.17) is 4.74 Å². The van der Waals surface area contributed by atoms with Gasteiger partial charge in [-0.15, -0.1) is 0 Å². The van der Waals surface area contributed by atoms with Crippen LogP contribution in [0, 0.1) is 5.92 Å². The first-order chi connectivity index (χ1) is 10.1. The summed E-state index contributed by atoms with van der Waals surface area (Å²) in [6.45, 7) is 6.06. The Balaban J connectivity index is 2.70. The summed E-state index contributed by atoms with van der Waals surface area (Å²) in [5.41, 5.74) is 1.06. The van der Waals surface area contributed by atoms with Gasteiger partial charge in [0.05, 0.1) is 12.5 Å². The van der Waals surface area contributed by atoms with Gasteiger partial charge in [-0.1, -0.05) is 57.0 Å². The molecule has 1 aromatic rings. The maximum atomic E-state index is 12.3. The Morgan fingerprint density at radius 1 is 1.14 bits per heavy atom. The van der Waals surface area contributed by atoms with E-state index in [0.29, 0.717) is 6.61 Å². The summed E-state index contributed by atoms with van der Waals surface area (Å²) in [5, 5.41) is 0. The van der Waals surface area contributed by atoms with Crippen molar-refractivity contribution in [1.29, 1.82) is 0 Å². The molecule has 3 nitrogen and oxygen atoms in total. The highest BCUT2D eigenvalue weighted by atomic mass is 16.5. The van der Waals surface area contributed by atoms with E-state index in [-0.39, 0.29) is 24.1 Å². The standard InChI is InChI=1S/C18H26O3/c1-4-5-9-12-21-18(20)17(13-14(2)19)15(3)16-10-7-6-8-11-16/h6-8,10-11,15,17H,4-5,9,12-13H2,1-3H3. The number of hydrogen-bond donors (Lipinski definition) is 0. The van der Waals surface area contributed by atoms with E-state index in [1.165, 1.54) is 6.92 Å². The molecule has 1 rings (SSSR count). The topological polar surface area (TPSA) is 43.4 Å². The van der Waals surface area contributed by atoms with E-state index in [1.807, 2.05) is 37.3 Å². The summed E-state index contributed by atoms with van der Waals surface area (Å²) in [6, 6.07) is 9.82. The quantitative estimate of drug-likeness (QED) is 0.507. The molecule has 1 aromatic carbocycles. The molecule has 0 aliphatic carbocycles. The van der Waals surface area contributed by atoms with Crippen LogP contribution < -0.4 is 0 Å². The Labute approximate surface area is 127 Å². The Hall–Kier alpha value is -1.64. The second-order valence-corrected chi connectivity index (χ2v) is 5.59. The van der Waals surface area contributed by atoms with Crippen LogP contribution in [-0.2, 0) is 14.3 Å². The number of esters is 1. The highest BCUT2D eigenvalue weighted by molar-refractivity contribution is 5.83. The van der Waals surface area contributed by atoms with Gasteiger partial charge in [0.15, 0.2) is 0 Å². The second kappa shape index (κ2) is 9.32. The Bertz CT molecular complexity index is 439. The summed E-state index contributed by atoms with van der Waals surface area (Å²) >= 11 is 0. The molecule has 21 heavy (non-hydrogen) atoms. The van der Waals surface area contributed by atoms with Crippen LogP contribution in [0.1, 0.15) is 57.9 Å². The zero-order valence-corrected chi connectivity index (χ0v) is 13.3. The zero-order chi connectivity index (χ0) is 15.7. The first-order valence-corrected chi connectivity index (χ1v) is 7.77.